The predicted octanol–water partition coefficient (Wildman–Crippen LogP) is 3.34. The number of nitrogens with zero attached hydrogens (tertiary/aromatic N) is 5. The largest absolute Gasteiger partial charge is 0.378 e. The van der Waals surface area contributed by atoms with Gasteiger partial charge in [-0.2, -0.15) is 0 Å². The summed E-state index contributed by atoms with van der Waals surface area (Å²) in [7, 11) is 0. The average molecular weight is 533 g/mol. The van der Waals surface area contributed by atoms with Crippen LogP contribution in [0.3, 0.4) is 0 Å². The van der Waals surface area contributed by atoms with Gasteiger partial charge in [-0.15, -0.1) is 0 Å². The van der Waals surface area contributed by atoms with E-state index in [1.165, 1.54) is 87.5 Å². The second-order valence-corrected chi connectivity index (χ2v) is 11.9. The average Bonchev–Trinajstić information content (AvgIpc) is 3.01. The van der Waals surface area contributed by atoms with Gasteiger partial charge in [0.2, 0.25) is 0 Å². The van der Waals surface area contributed by atoms with Crippen LogP contribution >= 0.6 is 0 Å². The highest BCUT2D eigenvalue weighted by Gasteiger charge is 2.31. The van der Waals surface area contributed by atoms with Crippen molar-refractivity contribution in [2.75, 3.05) is 83.6 Å². The molecule has 4 aliphatic rings. The number of benzene rings is 1. The number of aromatic nitrogens is 1. The molecule has 3 aliphatic heterocycles. The first kappa shape index (κ1) is 27.2. The van der Waals surface area contributed by atoms with E-state index in [1.54, 1.807) is 5.56 Å². The van der Waals surface area contributed by atoms with Gasteiger partial charge in [0, 0.05) is 76.8 Å². The number of aryl methyl sites for hydroxylation is 1. The minimum atomic E-state index is 0.435. The molecule has 2 atom stereocenters. The first-order valence-corrected chi connectivity index (χ1v) is 15.6. The van der Waals surface area contributed by atoms with Crippen LogP contribution in [0, 0.1) is 0 Å². The Morgan fingerprint density at radius 2 is 1.82 bits per heavy atom. The second-order valence-electron chi connectivity index (χ2n) is 11.9. The van der Waals surface area contributed by atoms with Crippen LogP contribution < -0.4 is 10.2 Å². The van der Waals surface area contributed by atoms with Gasteiger partial charge in [0.25, 0.3) is 0 Å². The zero-order valence-electron chi connectivity index (χ0n) is 24.0. The summed E-state index contributed by atoms with van der Waals surface area (Å²) in [6, 6.07) is 12.2. The number of fused-ring (bicyclic) bond motifs is 2. The predicted molar refractivity (Wildman–Crippen MR) is 158 cm³/mol. The lowest BCUT2D eigenvalue weighted by Gasteiger charge is -2.40. The Morgan fingerprint density at radius 3 is 2.67 bits per heavy atom. The van der Waals surface area contributed by atoms with E-state index in [1.807, 2.05) is 6.20 Å². The van der Waals surface area contributed by atoms with Crippen molar-refractivity contribution in [3.63, 3.8) is 0 Å². The number of hydrogen-bond donors (Lipinski definition) is 1. The first-order valence-electron chi connectivity index (χ1n) is 15.6. The molecule has 0 amide bonds. The normalized spacial score (nSPS) is 24.5. The summed E-state index contributed by atoms with van der Waals surface area (Å²) in [4.78, 5) is 15.5. The Balaban J connectivity index is 1.16. The third kappa shape index (κ3) is 6.49. The van der Waals surface area contributed by atoms with E-state index in [-0.39, 0.29) is 0 Å². The standard InChI is InChI=1S/C32H48N6O/c1-2-35-15-17-36(18-16-35)13-6-14-38(31-11-3-7-26-9-5-12-33-32(26)31)25-28-23-29-27(24-34-28)8-4-10-30(29)37-19-21-39-22-20-37/h4-5,8-10,12,28,31,34H,2-3,6-7,11,13-25H2,1H3/t28-,31+/m1/s1. The number of morpholine rings is 1. The minimum absolute atomic E-state index is 0.435. The van der Waals surface area contributed by atoms with Gasteiger partial charge in [-0.25, -0.2) is 0 Å². The van der Waals surface area contributed by atoms with Crippen molar-refractivity contribution in [3.8, 4) is 0 Å². The molecule has 7 nitrogen and oxygen atoms in total. The number of anilines is 1. The lowest BCUT2D eigenvalue weighted by Crippen LogP contribution is -2.48. The Labute approximate surface area is 235 Å². The summed E-state index contributed by atoms with van der Waals surface area (Å²) < 4.78 is 5.65. The Bertz CT molecular complexity index is 1060. The third-order valence-electron chi connectivity index (χ3n) is 9.52. The van der Waals surface area contributed by atoms with Crippen molar-refractivity contribution in [2.45, 2.75) is 57.7 Å². The molecule has 1 aromatic heterocycles. The molecular formula is C32H48N6O. The molecule has 1 aliphatic carbocycles. The molecule has 2 aromatic rings. The lowest BCUT2D eigenvalue weighted by molar-refractivity contribution is 0.116. The van der Waals surface area contributed by atoms with E-state index in [4.69, 9.17) is 9.72 Å². The second kappa shape index (κ2) is 13.1. The highest BCUT2D eigenvalue weighted by Crippen LogP contribution is 2.34. The Kier molecular flexibility index (Phi) is 9.11. The molecule has 1 N–H and O–H groups in total. The molecule has 7 heteroatoms. The summed E-state index contributed by atoms with van der Waals surface area (Å²) in [6.45, 7) is 16.4. The van der Waals surface area contributed by atoms with Crippen molar-refractivity contribution in [3.05, 3.63) is 58.9 Å². The van der Waals surface area contributed by atoms with Crippen molar-refractivity contribution in [1.29, 1.82) is 0 Å². The fourth-order valence-electron chi connectivity index (χ4n) is 7.25. The molecular weight excluding hydrogens is 484 g/mol. The van der Waals surface area contributed by atoms with E-state index in [0.717, 1.165) is 52.4 Å². The van der Waals surface area contributed by atoms with Gasteiger partial charge >= 0.3 is 0 Å². The molecule has 4 heterocycles. The number of ether oxygens (including phenoxy) is 1. The van der Waals surface area contributed by atoms with Crippen LogP contribution in [0.1, 0.15) is 54.6 Å². The van der Waals surface area contributed by atoms with Crippen LogP contribution in [-0.4, -0.2) is 104 Å². The van der Waals surface area contributed by atoms with Gasteiger partial charge < -0.3 is 24.8 Å². The van der Waals surface area contributed by atoms with E-state index in [2.05, 4.69) is 62.2 Å². The van der Waals surface area contributed by atoms with Gasteiger partial charge in [0.1, 0.15) is 0 Å². The fourth-order valence-corrected chi connectivity index (χ4v) is 7.25. The zero-order valence-corrected chi connectivity index (χ0v) is 24.0. The number of nitrogens with one attached hydrogen (secondary N) is 1. The van der Waals surface area contributed by atoms with Crippen molar-refractivity contribution >= 4 is 5.69 Å². The van der Waals surface area contributed by atoms with Crippen LogP contribution in [0.4, 0.5) is 5.69 Å². The van der Waals surface area contributed by atoms with Crippen LogP contribution in [0.15, 0.2) is 36.5 Å². The quantitative estimate of drug-likeness (QED) is 0.532. The Morgan fingerprint density at radius 1 is 1.00 bits per heavy atom. The SMILES string of the molecule is CCN1CCN(CCCN(C[C@H]2Cc3c(cccc3N3CCOCC3)CN2)[C@H]2CCCc3cccnc32)CC1. The molecule has 0 bridgehead atoms. The summed E-state index contributed by atoms with van der Waals surface area (Å²) in [6.07, 6.45) is 8.00. The maximum absolute atomic E-state index is 5.65. The zero-order chi connectivity index (χ0) is 26.4. The van der Waals surface area contributed by atoms with Crippen LogP contribution in [0.5, 0.6) is 0 Å². The van der Waals surface area contributed by atoms with Gasteiger partial charge in [0.15, 0.2) is 0 Å². The summed E-state index contributed by atoms with van der Waals surface area (Å²) in [5.41, 5.74) is 7.26. The molecule has 0 unspecified atom stereocenters. The first-order chi connectivity index (χ1) is 19.3. The third-order valence-corrected chi connectivity index (χ3v) is 9.52. The van der Waals surface area contributed by atoms with Crippen molar-refractivity contribution in [2.24, 2.45) is 0 Å². The molecule has 1 aromatic carbocycles. The van der Waals surface area contributed by atoms with E-state index < -0.39 is 0 Å². The highest BCUT2D eigenvalue weighted by molar-refractivity contribution is 5.58. The highest BCUT2D eigenvalue weighted by atomic mass is 16.5. The number of likely N-dealkylation sites (N-methyl/N-ethyl adjacent to an activating group) is 1. The van der Waals surface area contributed by atoms with Crippen molar-refractivity contribution in [1.82, 2.24) is 25.0 Å². The molecule has 0 radical (unpaired) electrons. The molecule has 39 heavy (non-hydrogen) atoms. The van der Waals surface area contributed by atoms with Gasteiger partial charge in [-0.05, 0) is 74.0 Å². The van der Waals surface area contributed by atoms with Crippen LogP contribution in [0.2, 0.25) is 0 Å². The van der Waals surface area contributed by atoms with Crippen LogP contribution in [0.25, 0.3) is 0 Å². The lowest BCUT2D eigenvalue weighted by atomic mass is 9.89. The minimum Gasteiger partial charge on any atom is -0.378 e. The summed E-state index contributed by atoms with van der Waals surface area (Å²) in [5.74, 6) is 0. The monoisotopic (exact) mass is 532 g/mol. The molecule has 2 fully saturated rings. The number of hydrogen-bond acceptors (Lipinski definition) is 7. The summed E-state index contributed by atoms with van der Waals surface area (Å²) in [5, 5.41) is 3.93. The van der Waals surface area contributed by atoms with E-state index in [0.29, 0.717) is 12.1 Å². The number of pyridine rings is 1. The molecule has 0 saturated carbocycles. The maximum atomic E-state index is 5.65. The smallest absolute Gasteiger partial charge is 0.0642 e. The van der Waals surface area contributed by atoms with Gasteiger partial charge in [0.05, 0.1) is 24.9 Å². The number of piperazine rings is 1. The molecule has 2 saturated heterocycles. The molecule has 6 rings (SSSR count). The van der Waals surface area contributed by atoms with Gasteiger partial charge in [-0.1, -0.05) is 25.1 Å². The Hall–Kier alpha value is -2.03. The van der Waals surface area contributed by atoms with E-state index in [9.17, 15) is 0 Å². The number of rotatable bonds is 9. The van der Waals surface area contributed by atoms with Gasteiger partial charge in [-0.3, -0.25) is 9.88 Å². The molecule has 212 valence electrons. The summed E-state index contributed by atoms with van der Waals surface area (Å²) >= 11 is 0. The fraction of sp³-hybridized carbons (Fsp3) is 0.656. The maximum Gasteiger partial charge on any atom is 0.0642 e. The van der Waals surface area contributed by atoms with E-state index >= 15 is 0 Å². The topological polar surface area (TPSA) is 47.1 Å². The van der Waals surface area contributed by atoms with Crippen LogP contribution in [-0.2, 0) is 24.1 Å². The molecule has 0 spiro atoms. The van der Waals surface area contributed by atoms with Crippen molar-refractivity contribution < 1.29 is 4.74 Å².